The summed E-state index contributed by atoms with van der Waals surface area (Å²) < 4.78 is 3.15. The summed E-state index contributed by atoms with van der Waals surface area (Å²) in [5, 5.41) is 21.5. The van der Waals surface area contributed by atoms with Crippen molar-refractivity contribution in [2.75, 3.05) is 34.5 Å². The fourth-order valence-electron chi connectivity index (χ4n) is 4.84. The number of hydrogen-bond donors (Lipinski definition) is 2. The topological polar surface area (TPSA) is 84.5 Å². The number of aromatic nitrogens is 2. The van der Waals surface area contributed by atoms with Crippen molar-refractivity contribution < 1.29 is 10.2 Å². The number of hydrogen-bond acceptors (Lipinski definition) is 8. The molecule has 10 heteroatoms. The van der Waals surface area contributed by atoms with Gasteiger partial charge in [-0.3, -0.25) is 18.7 Å². The van der Waals surface area contributed by atoms with Crippen LogP contribution in [-0.4, -0.2) is 53.9 Å². The van der Waals surface area contributed by atoms with E-state index in [1.54, 1.807) is 44.8 Å². The van der Waals surface area contributed by atoms with E-state index in [1.807, 2.05) is 51.2 Å². The maximum Gasteiger partial charge on any atom is 0.254 e. The summed E-state index contributed by atoms with van der Waals surface area (Å²) in [6.45, 7) is 8.09. The van der Waals surface area contributed by atoms with Crippen LogP contribution >= 0.6 is 47.0 Å². The van der Waals surface area contributed by atoms with Crippen molar-refractivity contribution >= 4 is 47.0 Å². The van der Waals surface area contributed by atoms with Gasteiger partial charge in [0, 0.05) is 67.1 Å². The molecule has 0 spiro atoms. The number of aromatic hydroxyl groups is 2. The molecule has 0 unspecified atom stereocenters. The van der Waals surface area contributed by atoms with Gasteiger partial charge in [-0.25, -0.2) is 0 Å². The van der Waals surface area contributed by atoms with Gasteiger partial charge in [0.05, 0.1) is 0 Å². The van der Waals surface area contributed by atoms with E-state index in [1.165, 1.54) is 0 Å². The Kier molecular flexibility index (Phi) is 8.79. The van der Waals surface area contributed by atoms with Crippen LogP contribution in [0.2, 0.25) is 0 Å². The van der Waals surface area contributed by atoms with E-state index in [-0.39, 0.29) is 22.9 Å². The molecule has 2 aliphatic rings. The molecule has 0 fully saturated rings. The lowest BCUT2D eigenvalue weighted by Crippen LogP contribution is -2.37. The van der Waals surface area contributed by atoms with E-state index in [0.717, 1.165) is 81.1 Å². The van der Waals surface area contributed by atoms with E-state index < -0.39 is 11.1 Å². The monoisotopic (exact) mass is 568 g/mol. The quantitative estimate of drug-likeness (QED) is 0.361. The van der Waals surface area contributed by atoms with E-state index in [4.69, 9.17) is 0 Å². The molecule has 0 radical (unpaired) electrons. The molecule has 2 aromatic rings. The summed E-state index contributed by atoms with van der Waals surface area (Å²) in [6, 6.07) is 3.35. The molecule has 4 heterocycles. The van der Waals surface area contributed by atoms with Crippen LogP contribution in [0.15, 0.2) is 31.5 Å². The molecule has 0 amide bonds. The van der Waals surface area contributed by atoms with Crippen LogP contribution in [0, 0.1) is 0 Å². The first-order valence-corrected chi connectivity index (χ1v) is 16.7. The van der Waals surface area contributed by atoms with Gasteiger partial charge in [0.2, 0.25) is 0 Å². The van der Waals surface area contributed by atoms with Gasteiger partial charge >= 0.3 is 0 Å². The molecule has 6 nitrogen and oxygen atoms in total. The molecule has 0 aromatic carbocycles. The molecule has 0 bridgehead atoms. The minimum absolute atomic E-state index is 0.124. The Morgan fingerprint density at radius 1 is 0.750 bits per heavy atom. The summed E-state index contributed by atoms with van der Waals surface area (Å²) in [4.78, 5) is 27.2. The van der Waals surface area contributed by atoms with Crippen LogP contribution in [0.5, 0.6) is 11.8 Å². The second-order valence-corrected chi connectivity index (χ2v) is 15.2. The Morgan fingerprint density at radius 2 is 1.14 bits per heavy atom. The molecule has 4 rings (SSSR count). The van der Waals surface area contributed by atoms with Crippen LogP contribution in [-0.2, 0) is 23.9 Å². The van der Waals surface area contributed by atoms with Gasteiger partial charge in [-0.1, -0.05) is 0 Å². The lowest BCUT2D eigenvalue weighted by atomic mass is 10.0. The maximum atomic E-state index is 12.7. The van der Waals surface area contributed by atoms with Crippen molar-refractivity contribution in [3.05, 3.63) is 44.0 Å². The summed E-state index contributed by atoms with van der Waals surface area (Å²) >= 11 is 7.02. The molecule has 0 saturated carbocycles. The molecular weight excluding hydrogens is 533 g/mol. The highest BCUT2D eigenvalue weighted by molar-refractivity contribution is 8.02. The Labute approximate surface area is 230 Å². The van der Waals surface area contributed by atoms with E-state index in [2.05, 4.69) is 0 Å². The second kappa shape index (κ2) is 11.3. The molecule has 0 atom stereocenters. The molecule has 2 N–H and O–H groups in total. The summed E-state index contributed by atoms with van der Waals surface area (Å²) in [6.07, 6.45) is 3.22. The van der Waals surface area contributed by atoms with Crippen molar-refractivity contribution in [3.63, 3.8) is 0 Å². The largest absolute Gasteiger partial charge is 0.494 e. The highest BCUT2D eigenvalue weighted by atomic mass is 32.2. The zero-order valence-electron chi connectivity index (χ0n) is 21.5. The maximum absolute atomic E-state index is 12.7. The average molecular weight is 569 g/mol. The summed E-state index contributed by atoms with van der Waals surface area (Å²) in [5.74, 6) is 5.95. The lowest BCUT2D eigenvalue weighted by molar-refractivity contribution is 0.278. The predicted octanol–water partition coefficient (Wildman–Crippen LogP) is 5.13. The minimum atomic E-state index is -0.447. The van der Waals surface area contributed by atoms with Crippen LogP contribution in [0.1, 0.15) is 51.7 Å². The molecule has 198 valence electrons. The predicted molar refractivity (Wildman–Crippen MR) is 156 cm³/mol. The van der Waals surface area contributed by atoms with Gasteiger partial charge in [0.25, 0.3) is 11.1 Å². The van der Waals surface area contributed by atoms with E-state index >= 15 is 0 Å². The Bertz CT molecular complexity index is 1140. The third kappa shape index (κ3) is 5.81. The standard InChI is InChI=1S/C26H36N2O4S4/c1-25(2,27-21(29)15-19-17(23(27)31)5-9-35-19)7-11-33-13-14-34-12-8-26(3,4)28-22(30)16-20-18(24(28)32)6-10-36-20/h15-16,31-32H,5-14H2,1-4H3. The first-order valence-electron chi connectivity index (χ1n) is 12.4. The van der Waals surface area contributed by atoms with Gasteiger partial charge in [0.15, 0.2) is 11.8 Å². The SMILES string of the molecule is CC(C)(CCSCCSCCC(C)(C)n1c(O)c2c(cc1=O)SCC2)n1c(O)c2c(cc1=O)SCC2. The average Bonchev–Trinajstić information content (AvgIpc) is 3.44. The number of fused-ring (bicyclic) bond motifs is 2. The number of rotatable bonds is 11. The van der Waals surface area contributed by atoms with Crippen LogP contribution in [0.25, 0.3) is 0 Å². The van der Waals surface area contributed by atoms with Crippen molar-refractivity contribution in [2.24, 2.45) is 0 Å². The molecule has 2 aliphatic heterocycles. The number of pyridine rings is 2. The summed E-state index contributed by atoms with van der Waals surface area (Å²) in [5.41, 5.74) is 0.680. The van der Waals surface area contributed by atoms with E-state index in [0.29, 0.717) is 0 Å². The normalized spacial score (nSPS) is 15.3. The van der Waals surface area contributed by atoms with Gasteiger partial charge in [-0.15, -0.1) is 23.5 Å². The van der Waals surface area contributed by atoms with Crippen molar-refractivity contribution in [1.29, 1.82) is 0 Å². The van der Waals surface area contributed by atoms with Gasteiger partial charge in [-0.05, 0) is 64.9 Å². The highest BCUT2D eigenvalue weighted by Crippen LogP contribution is 2.39. The Balaban J connectivity index is 1.22. The van der Waals surface area contributed by atoms with Crippen molar-refractivity contribution in [3.8, 4) is 11.8 Å². The zero-order valence-corrected chi connectivity index (χ0v) is 24.7. The first-order chi connectivity index (χ1) is 17.0. The van der Waals surface area contributed by atoms with Gasteiger partial charge < -0.3 is 10.2 Å². The molecule has 2 aromatic heterocycles. The first kappa shape index (κ1) is 27.9. The van der Waals surface area contributed by atoms with Crippen molar-refractivity contribution in [2.45, 2.75) is 74.2 Å². The lowest BCUT2D eigenvalue weighted by Gasteiger charge is -2.29. The third-order valence-electron chi connectivity index (χ3n) is 7.03. The van der Waals surface area contributed by atoms with Gasteiger partial charge in [-0.2, -0.15) is 23.5 Å². The third-order valence-corrected chi connectivity index (χ3v) is 11.4. The number of nitrogens with zero attached hydrogens (tertiary/aromatic N) is 2. The Hall–Kier alpha value is -1.10. The fourth-order valence-corrected chi connectivity index (χ4v) is 9.63. The minimum Gasteiger partial charge on any atom is -0.494 e. The second-order valence-electron chi connectivity index (χ2n) is 10.5. The molecule has 0 aliphatic carbocycles. The van der Waals surface area contributed by atoms with Crippen molar-refractivity contribution in [1.82, 2.24) is 9.13 Å². The highest BCUT2D eigenvalue weighted by Gasteiger charge is 2.30. The smallest absolute Gasteiger partial charge is 0.254 e. The van der Waals surface area contributed by atoms with E-state index in [9.17, 15) is 19.8 Å². The van der Waals surface area contributed by atoms with Gasteiger partial charge in [0.1, 0.15) is 0 Å². The fraction of sp³-hybridized carbons (Fsp3) is 0.615. The Morgan fingerprint density at radius 3 is 1.53 bits per heavy atom. The summed E-state index contributed by atoms with van der Waals surface area (Å²) in [7, 11) is 0. The van der Waals surface area contributed by atoms with Crippen LogP contribution in [0.3, 0.4) is 0 Å². The zero-order chi connectivity index (χ0) is 26.1. The number of thioether (sulfide) groups is 4. The van der Waals surface area contributed by atoms with Crippen LogP contribution in [0.4, 0.5) is 0 Å². The molecule has 0 saturated heterocycles. The molecule has 36 heavy (non-hydrogen) atoms. The van der Waals surface area contributed by atoms with Crippen LogP contribution < -0.4 is 11.1 Å². The molecular formula is C26H36N2O4S4.